The third kappa shape index (κ3) is 4.24. The fourth-order valence-electron chi connectivity index (χ4n) is 3.73. The zero-order valence-corrected chi connectivity index (χ0v) is 19.6. The maximum Gasteiger partial charge on any atom is 0.301 e. The molecule has 2 aromatic carbocycles. The van der Waals surface area contributed by atoms with Crippen LogP contribution in [0.25, 0.3) is 5.76 Å². The number of carbonyl (C=O) groups excluding carboxylic acids is 2. The molecule has 4 rings (SSSR count). The van der Waals surface area contributed by atoms with Crippen LogP contribution in [0.1, 0.15) is 36.0 Å². The molecule has 1 aromatic heterocycles. The summed E-state index contributed by atoms with van der Waals surface area (Å²) in [6.07, 6.45) is 0. The first-order valence-corrected chi connectivity index (χ1v) is 11.4. The second kappa shape index (κ2) is 9.60. The number of aromatic nitrogens is 2. The lowest BCUT2D eigenvalue weighted by Gasteiger charge is -2.23. The molecule has 2 heterocycles. The summed E-state index contributed by atoms with van der Waals surface area (Å²) in [4.78, 5) is 27.5. The van der Waals surface area contributed by atoms with Gasteiger partial charge in [-0.3, -0.25) is 14.5 Å². The van der Waals surface area contributed by atoms with Crippen molar-refractivity contribution in [1.29, 1.82) is 0 Å². The maximum atomic E-state index is 13.4. The van der Waals surface area contributed by atoms with Crippen LogP contribution in [0.5, 0.6) is 11.5 Å². The zero-order chi connectivity index (χ0) is 24.4. The Labute approximate surface area is 199 Å². The molecule has 1 aliphatic rings. The monoisotopic (exact) mass is 483 g/mol. The normalized spacial score (nSPS) is 17.3. The van der Waals surface area contributed by atoms with E-state index >= 15 is 0 Å². The van der Waals surface area contributed by atoms with Crippen molar-refractivity contribution in [2.24, 2.45) is 0 Å². The first kappa shape index (κ1) is 23.4. The van der Waals surface area contributed by atoms with E-state index in [0.717, 1.165) is 23.5 Å². The number of ether oxygens (including phenoxy) is 2. The molecular weight excluding hydrogens is 461 g/mol. The molecular formula is C24H22FN3O5S. The third-order valence-corrected chi connectivity index (χ3v) is 6.00. The number of rotatable bonds is 7. The summed E-state index contributed by atoms with van der Waals surface area (Å²) in [6.45, 7) is 6.20. The number of aryl methyl sites for hydroxylation is 1. The molecule has 0 saturated carbocycles. The van der Waals surface area contributed by atoms with Gasteiger partial charge in [-0.25, -0.2) is 4.39 Å². The van der Waals surface area contributed by atoms with Crippen molar-refractivity contribution in [1.82, 2.24) is 10.2 Å². The van der Waals surface area contributed by atoms with Gasteiger partial charge in [0, 0.05) is 5.56 Å². The van der Waals surface area contributed by atoms with Crippen LogP contribution >= 0.6 is 11.3 Å². The summed E-state index contributed by atoms with van der Waals surface area (Å²) in [6, 6.07) is 9.06. The summed E-state index contributed by atoms with van der Waals surface area (Å²) in [7, 11) is 0. The first-order chi connectivity index (χ1) is 16.3. The van der Waals surface area contributed by atoms with E-state index in [1.54, 1.807) is 25.1 Å². The highest BCUT2D eigenvalue weighted by atomic mass is 32.1. The van der Waals surface area contributed by atoms with Crippen molar-refractivity contribution < 1.29 is 28.6 Å². The summed E-state index contributed by atoms with van der Waals surface area (Å²) >= 11 is 1.15. The van der Waals surface area contributed by atoms with Crippen molar-refractivity contribution in [3.8, 4) is 11.5 Å². The Kier molecular flexibility index (Phi) is 6.60. The average Bonchev–Trinajstić information content (AvgIpc) is 3.36. The Hall–Kier alpha value is -3.79. The molecule has 1 N–H and O–H groups in total. The second-order valence-electron chi connectivity index (χ2n) is 7.35. The van der Waals surface area contributed by atoms with E-state index in [4.69, 9.17) is 9.47 Å². The Balaban J connectivity index is 1.93. The van der Waals surface area contributed by atoms with E-state index in [1.807, 2.05) is 13.8 Å². The van der Waals surface area contributed by atoms with E-state index < -0.39 is 29.3 Å². The highest BCUT2D eigenvalue weighted by molar-refractivity contribution is 7.15. The quantitative estimate of drug-likeness (QED) is 0.302. The molecule has 0 bridgehead atoms. The van der Waals surface area contributed by atoms with Crippen molar-refractivity contribution in [3.05, 3.63) is 70.0 Å². The average molecular weight is 484 g/mol. The summed E-state index contributed by atoms with van der Waals surface area (Å²) in [5.74, 6) is -1.70. The van der Waals surface area contributed by atoms with E-state index in [0.29, 0.717) is 35.3 Å². The van der Waals surface area contributed by atoms with Crippen LogP contribution in [0.15, 0.2) is 48.0 Å². The number of Topliss-reactive ketones (excluding diaryl/α,β-unsaturated/α-hetero) is 1. The van der Waals surface area contributed by atoms with Gasteiger partial charge in [-0.05, 0) is 62.7 Å². The Morgan fingerprint density at radius 3 is 2.35 bits per heavy atom. The number of carbonyl (C=O) groups is 2. The van der Waals surface area contributed by atoms with Gasteiger partial charge < -0.3 is 14.6 Å². The summed E-state index contributed by atoms with van der Waals surface area (Å²) < 4.78 is 24.8. The smallest absolute Gasteiger partial charge is 0.301 e. The predicted octanol–water partition coefficient (Wildman–Crippen LogP) is 4.41. The van der Waals surface area contributed by atoms with Gasteiger partial charge in [0.15, 0.2) is 11.5 Å². The maximum absolute atomic E-state index is 13.4. The van der Waals surface area contributed by atoms with E-state index in [1.165, 1.54) is 17.0 Å². The van der Waals surface area contributed by atoms with E-state index in [9.17, 15) is 19.1 Å². The number of aliphatic hydroxyl groups is 1. The van der Waals surface area contributed by atoms with Gasteiger partial charge in [-0.2, -0.15) is 0 Å². The number of hydrogen-bond acceptors (Lipinski definition) is 8. The molecule has 1 atom stereocenters. The van der Waals surface area contributed by atoms with Crippen molar-refractivity contribution in [3.63, 3.8) is 0 Å². The standard InChI is InChI=1S/C24H22FN3O5S/c1-4-32-17-11-8-15(12-18(17)33-5-2)20-19(21(29)14-6-9-16(25)10-7-14)22(30)23(31)28(20)24-27-26-13(3)34-24/h6-12,20,29H,4-5H2,1-3H3/b21-19-. The van der Waals surface area contributed by atoms with E-state index in [2.05, 4.69) is 10.2 Å². The number of nitrogens with zero attached hydrogens (tertiary/aromatic N) is 3. The second-order valence-corrected chi connectivity index (χ2v) is 8.51. The molecule has 3 aromatic rings. The molecule has 34 heavy (non-hydrogen) atoms. The number of aliphatic hydroxyl groups excluding tert-OH is 1. The number of amides is 1. The van der Waals surface area contributed by atoms with Gasteiger partial charge in [0.1, 0.15) is 16.6 Å². The van der Waals surface area contributed by atoms with Crippen LogP contribution in [-0.4, -0.2) is 40.2 Å². The number of benzene rings is 2. The van der Waals surface area contributed by atoms with Gasteiger partial charge in [-0.1, -0.05) is 17.4 Å². The highest BCUT2D eigenvalue weighted by Crippen LogP contribution is 2.44. The Morgan fingerprint density at radius 2 is 1.74 bits per heavy atom. The Bertz CT molecular complexity index is 1270. The zero-order valence-electron chi connectivity index (χ0n) is 18.7. The minimum Gasteiger partial charge on any atom is -0.507 e. The van der Waals surface area contributed by atoms with E-state index in [-0.39, 0.29) is 16.3 Å². The van der Waals surface area contributed by atoms with Crippen molar-refractivity contribution in [2.45, 2.75) is 26.8 Å². The number of ketones is 1. The molecule has 1 unspecified atom stereocenters. The molecule has 8 nitrogen and oxygen atoms in total. The third-order valence-electron chi connectivity index (χ3n) is 5.17. The fraction of sp³-hybridized carbons (Fsp3) is 0.250. The van der Waals surface area contributed by atoms with Crippen LogP contribution < -0.4 is 14.4 Å². The fourth-order valence-corrected chi connectivity index (χ4v) is 4.44. The lowest BCUT2D eigenvalue weighted by Crippen LogP contribution is -2.29. The number of hydrogen-bond donors (Lipinski definition) is 1. The lowest BCUT2D eigenvalue weighted by atomic mass is 9.95. The van der Waals surface area contributed by atoms with Crippen molar-refractivity contribution in [2.75, 3.05) is 18.1 Å². The molecule has 1 aliphatic heterocycles. The van der Waals surface area contributed by atoms with Crippen LogP contribution in [0.4, 0.5) is 9.52 Å². The molecule has 1 fully saturated rings. The minimum atomic E-state index is -1.01. The van der Waals surface area contributed by atoms with Gasteiger partial charge in [0.05, 0.1) is 24.8 Å². The summed E-state index contributed by atoms with van der Waals surface area (Å²) in [5.41, 5.74) is 0.562. The highest BCUT2D eigenvalue weighted by Gasteiger charge is 2.48. The van der Waals surface area contributed by atoms with Gasteiger partial charge in [0.25, 0.3) is 5.78 Å². The minimum absolute atomic E-state index is 0.143. The predicted molar refractivity (Wildman–Crippen MR) is 125 cm³/mol. The molecule has 176 valence electrons. The van der Waals surface area contributed by atoms with Crippen LogP contribution in [0, 0.1) is 12.7 Å². The molecule has 0 radical (unpaired) electrons. The molecule has 10 heteroatoms. The molecule has 1 amide bonds. The SMILES string of the molecule is CCOc1ccc(C2/C(=C(/O)c3ccc(F)cc3)C(=O)C(=O)N2c2nnc(C)s2)cc1OCC. The lowest BCUT2D eigenvalue weighted by molar-refractivity contribution is -0.132. The van der Waals surface area contributed by atoms with Crippen LogP contribution in [0.2, 0.25) is 0 Å². The Morgan fingerprint density at radius 1 is 1.06 bits per heavy atom. The van der Waals surface area contributed by atoms with Gasteiger partial charge in [0.2, 0.25) is 5.13 Å². The van der Waals surface area contributed by atoms with Gasteiger partial charge in [-0.15, -0.1) is 10.2 Å². The van der Waals surface area contributed by atoms with Gasteiger partial charge >= 0.3 is 5.91 Å². The largest absolute Gasteiger partial charge is 0.507 e. The molecule has 0 spiro atoms. The van der Waals surface area contributed by atoms with Crippen LogP contribution in [-0.2, 0) is 9.59 Å². The number of anilines is 1. The summed E-state index contributed by atoms with van der Waals surface area (Å²) in [5, 5.41) is 19.9. The molecule has 1 saturated heterocycles. The molecule has 0 aliphatic carbocycles. The first-order valence-electron chi connectivity index (χ1n) is 10.6. The topological polar surface area (TPSA) is 102 Å². The van der Waals surface area contributed by atoms with Crippen LogP contribution in [0.3, 0.4) is 0 Å². The number of halogens is 1. The van der Waals surface area contributed by atoms with Crippen molar-refractivity contribution >= 4 is 33.9 Å².